The number of carbonyl (C=O) groups excluding carboxylic acids is 1. The molecular weight excluding hydrogens is 184 g/mol. The maximum absolute atomic E-state index is 10.7. The molecule has 0 saturated carbocycles. The highest BCUT2D eigenvalue weighted by Gasteiger charge is 2.55. The molecule has 2 aliphatic heterocycles. The van der Waals surface area contributed by atoms with Crippen molar-refractivity contribution in [1.29, 1.82) is 0 Å². The second-order valence-corrected chi connectivity index (χ2v) is 3.07. The van der Waals surface area contributed by atoms with E-state index in [0.29, 0.717) is 0 Å². The van der Waals surface area contributed by atoms with Crippen LogP contribution in [0, 0.1) is 0 Å². The van der Waals surface area contributed by atoms with E-state index in [9.17, 15) is 9.90 Å². The second kappa shape index (κ2) is 1.96. The first-order chi connectivity index (χ1) is 5.56. The molecule has 0 aliphatic carbocycles. The fourth-order valence-electron chi connectivity index (χ4n) is 0.994. The van der Waals surface area contributed by atoms with Crippen LogP contribution in [0.15, 0.2) is 9.98 Å². The van der Waals surface area contributed by atoms with Crippen LogP contribution in [0.5, 0.6) is 0 Å². The predicted molar refractivity (Wildman–Crippen MR) is 42.2 cm³/mol. The van der Waals surface area contributed by atoms with Gasteiger partial charge in [-0.2, -0.15) is 0 Å². The molecule has 12 heavy (non-hydrogen) atoms. The molecule has 0 aromatic heterocycles. The number of hydrogen-bond donors (Lipinski definition) is 3. The van der Waals surface area contributed by atoms with Crippen molar-refractivity contribution in [3.8, 4) is 0 Å². The first-order valence-electron chi connectivity index (χ1n) is 3.16. The first-order valence-corrected chi connectivity index (χ1v) is 3.54. The lowest BCUT2D eigenvalue weighted by Crippen LogP contribution is -2.65. The lowest BCUT2D eigenvalue weighted by atomic mass is 10.2. The van der Waals surface area contributed by atoms with Crippen molar-refractivity contribution in [2.75, 3.05) is 0 Å². The third-order valence-electron chi connectivity index (χ3n) is 1.67. The molecule has 2 heterocycles. The number of rotatable bonds is 0. The number of amides is 2. The Morgan fingerprint density at radius 2 is 2.42 bits per heavy atom. The molecule has 0 fully saturated rings. The van der Waals surface area contributed by atoms with Gasteiger partial charge in [0.2, 0.25) is 5.00 Å². The number of alkyl halides is 1. The quantitative estimate of drug-likeness (QED) is 0.336. The van der Waals surface area contributed by atoms with Gasteiger partial charge in [0.05, 0.1) is 12.6 Å². The lowest BCUT2D eigenvalue weighted by Gasteiger charge is -2.34. The molecule has 7 heteroatoms. The molecule has 2 rings (SSSR count). The Bertz CT molecular complexity index is 304. The van der Waals surface area contributed by atoms with Gasteiger partial charge in [-0.05, 0) is 0 Å². The number of nitrogens with one attached hydrogen (secondary N) is 2. The van der Waals surface area contributed by atoms with Crippen molar-refractivity contribution >= 4 is 30.2 Å². The Morgan fingerprint density at radius 1 is 1.67 bits per heavy atom. The van der Waals surface area contributed by atoms with Crippen LogP contribution in [0.4, 0.5) is 4.79 Å². The summed E-state index contributed by atoms with van der Waals surface area (Å²) >= 11 is 5.83. The molecule has 6 nitrogen and oxygen atoms in total. The molecule has 0 radical (unpaired) electrons. The molecule has 2 amide bonds. The molecule has 0 bridgehead atoms. The van der Waals surface area contributed by atoms with E-state index in [1.165, 1.54) is 6.34 Å². The van der Waals surface area contributed by atoms with Crippen molar-refractivity contribution in [2.45, 2.75) is 10.8 Å². The maximum atomic E-state index is 10.7. The number of aliphatic imine (C=N–C) groups is 2. The van der Waals surface area contributed by atoms with Crippen LogP contribution in [0.3, 0.4) is 0 Å². The molecule has 2 atom stereocenters. The van der Waals surface area contributed by atoms with E-state index in [2.05, 4.69) is 20.6 Å². The van der Waals surface area contributed by atoms with Crippen molar-refractivity contribution in [3.05, 3.63) is 0 Å². The van der Waals surface area contributed by atoms with E-state index < -0.39 is 16.9 Å². The summed E-state index contributed by atoms with van der Waals surface area (Å²) in [6.45, 7) is 0. The van der Waals surface area contributed by atoms with Crippen LogP contribution in [-0.2, 0) is 0 Å². The standard InChI is InChI=1S/C5H5ClN4O2/c6-4-1-7-3(11)10-5(4,12)9-2-8-4/h1-2,12H,(H,8,9)(H,10,11). The van der Waals surface area contributed by atoms with Crippen LogP contribution >= 0.6 is 11.6 Å². The van der Waals surface area contributed by atoms with Crippen LogP contribution in [0.1, 0.15) is 0 Å². The summed E-state index contributed by atoms with van der Waals surface area (Å²) in [5, 5.41) is 14.3. The summed E-state index contributed by atoms with van der Waals surface area (Å²) in [5.41, 5.74) is 0. The number of aliphatic hydroxyl groups is 1. The van der Waals surface area contributed by atoms with Crippen molar-refractivity contribution in [2.24, 2.45) is 9.98 Å². The topological polar surface area (TPSA) is 86.1 Å². The predicted octanol–water partition coefficient (Wildman–Crippen LogP) is -1.01. The molecule has 0 spiro atoms. The Kier molecular flexibility index (Phi) is 1.23. The van der Waals surface area contributed by atoms with Gasteiger partial charge in [-0.25, -0.2) is 14.8 Å². The third-order valence-corrected chi connectivity index (χ3v) is 2.14. The average molecular weight is 189 g/mol. The third kappa shape index (κ3) is 0.759. The zero-order valence-corrected chi connectivity index (χ0v) is 6.54. The molecular formula is C5H5ClN4O2. The zero-order valence-electron chi connectivity index (χ0n) is 5.78. The van der Waals surface area contributed by atoms with Gasteiger partial charge in [-0.1, -0.05) is 11.6 Å². The fraction of sp³-hybridized carbons (Fsp3) is 0.400. The molecule has 3 N–H and O–H groups in total. The van der Waals surface area contributed by atoms with E-state index in [4.69, 9.17) is 11.6 Å². The van der Waals surface area contributed by atoms with Crippen molar-refractivity contribution in [3.63, 3.8) is 0 Å². The van der Waals surface area contributed by atoms with Crippen LogP contribution in [0.2, 0.25) is 0 Å². The highest BCUT2D eigenvalue weighted by molar-refractivity contribution is 6.35. The number of urea groups is 1. The summed E-state index contributed by atoms with van der Waals surface area (Å²) in [6, 6.07) is -0.672. The Labute approximate surface area is 72.3 Å². The SMILES string of the molecule is O=C1N=CC2(Cl)NC=NC2(O)N1. The summed E-state index contributed by atoms with van der Waals surface area (Å²) in [6.07, 6.45) is 2.32. The van der Waals surface area contributed by atoms with Crippen LogP contribution < -0.4 is 10.6 Å². The van der Waals surface area contributed by atoms with Crippen molar-refractivity contribution < 1.29 is 9.90 Å². The highest BCUT2D eigenvalue weighted by Crippen LogP contribution is 2.29. The Morgan fingerprint density at radius 3 is 3.17 bits per heavy atom. The largest absolute Gasteiger partial charge is 0.349 e. The van der Waals surface area contributed by atoms with Gasteiger partial charge in [0, 0.05) is 0 Å². The smallest absolute Gasteiger partial charge is 0.344 e. The minimum absolute atomic E-state index is 0.672. The Balaban J connectivity index is 2.46. The maximum Gasteiger partial charge on any atom is 0.344 e. The number of nitrogens with zero attached hydrogens (tertiary/aromatic N) is 2. The van der Waals surface area contributed by atoms with E-state index >= 15 is 0 Å². The van der Waals surface area contributed by atoms with Gasteiger partial charge in [0.25, 0.3) is 5.85 Å². The minimum atomic E-state index is -1.83. The normalized spacial score (nSPS) is 43.7. The summed E-state index contributed by atoms with van der Waals surface area (Å²) in [5.74, 6) is -1.83. The molecule has 0 aromatic rings. The summed E-state index contributed by atoms with van der Waals surface area (Å²) in [4.78, 5) is 16.3. The lowest BCUT2D eigenvalue weighted by molar-refractivity contribution is 0.0102. The number of halogens is 1. The van der Waals surface area contributed by atoms with E-state index in [1.807, 2.05) is 0 Å². The van der Waals surface area contributed by atoms with E-state index in [1.54, 1.807) is 0 Å². The van der Waals surface area contributed by atoms with Crippen molar-refractivity contribution in [1.82, 2.24) is 10.6 Å². The molecule has 64 valence electrons. The molecule has 0 aromatic carbocycles. The molecule has 2 aliphatic rings. The van der Waals surface area contributed by atoms with Gasteiger partial charge in [0.15, 0.2) is 0 Å². The van der Waals surface area contributed by atoms with E-state index in [-0.39, 0.29) is 0 Å². The Hall–Kier alpha value is -1.14. The second-order valence-electron chi connectivity index (χ2n) is 2.47. The fourth-order valence-corrected chi connectivity index (χ4v) is 1.19. The number of hydrogen-bond acceptors (Lipinski definition) is 4. The van der Waals surface area contributed by atoms with Gasteiger partial charge >= 0.3 is 6.03 Å². The van der Waals surface area contributed by atoms with Gasteiger partial charge in [0.1, 0.15) is 0 Å². The van der Waals surface area contributed by atoms with E-state index in [0.717, 1.165) is 6.21 Å². The van der Waals surface area contributed by atoms with Crippen LogP contribution in [0.25, 0.3) is 0 Å². The monoisotopic (exact) mass is 188 g/mol. The first kappa shape index (κ1) is 7.51. The number of fused-ring (bicyclic) bond motifs is 1. The zero-order chi connectivity index (χ0) is 8.82. The van der Waals surface area contributed by atoms with Gasteiger partial charge in [-0.15, -0.1) is 0 Å². The minimum Gasteiger partial charge on any atom is -0.349 e. The highest BCUT2D eigenvalue weighted by atomic mass is 35.5. The summed E-state index contributed by atoms with van der Waals surface area (Å²) in [7, 11) is 0. The van der Waals surface area contributed by atoms with Gasteiger partial charge in [-0.3, -0.25) is 5.32 Å². The van der Waals surface area contributed by atoms with Crippen LogP contribution in [-0.4, -0.2) is 34.5 Å². The summed E-state index contributed by atoms with van der Waals surface area (Å²) < 4.78 is 0. The molecule has 2 unspecified atom stereocenters. The molecule has 0 saturated heterocycles. The van der Waals surface area contributed by atoms with Gasteiger partial charge < -0.3 is 10.4 Å². The number of carbonyl (C=O) groups is 1. The average Bonchev–Trinajstić information content (AvgIpc) is 2.26.